The minimum atomic E-state index is -0.796. The van der Waals surface area contributed by atoms with Crippen LogP contribution in [0.5, 0.6) is 0 Å². The van der Waals surface area contributed by atoms with Crippen molar-refractivity contribution in [3.63, 3.8) is 0 Å². The number of hydrogen-bond donors (Lipinski definition) is 1. The van der Waals surface area contributed by atoms with Crippen LogP contribution in [0.15, 0.2) is 30.3 Å². The topological polar surface area (TPSA) is 61.9 Å². The van der Waals surface area contributed by atoms with Gasteiger partial charge in [-0.2, -0.15) is 0 Å². The fraction of sp³-hybridized carbons (Fsp3) is 0.556. The summed E-state index contributed by atoms with van der Waals surface area (Å²) in [7, 11) is 3.83. The van der Waals surface area contributed by atoms with Gasteiger partial charge >= 0.3 is 5.97 Å². The van der Waals surface area contributed by atoms with E-state index in [2.05, 4.69) is 5.32 Å². The molecule has 0 aromatic heterocycles. The van der Waals surface area contributed by atoms with Gasteiger partial charge < -0.3 is 15.0 Å². The zero-order chi connectivity index (χ0) is 17.4. The van der Waals surface area contributed by atoms with Gasteiger partial charge in [-0.3, -0.25) is 9.69 Å². The van der Waals surface area contributed by atoms with E-state index in [0.29, 0.717) is 26.1 Å². The maximum Gasteiger partial charge on any atom is 0.331 e. The quantitative estimate of drug-likeness (QED) is 0.553. The number of carbonyl (C=O) groups excluding carboxylic acids is 2. The van der Waals surface area contributed by atoms with Gasteiger partial charge in [0.1, 0.15) is 6.61 Å². The lowest BCUT2D eigenvalue weighted by molar-refractivity contribution is -0.155. The van der Waals surface area contributed by atoms with Crippen LogP contribution in [0.3, 0.4) is 0 Å². The molecule has 1 heterocycles. The van der Waals surface area contributed by atoms with E-state index >= 15 is 0 Å². The number of nitrogens with one attached hydrogen (secondary N) is 1. The van der Waals surface area contributed by atoms with Crippen molar-refractivity contribution in [3.05, 3.63) is 35.9 Å². The highest BCUT2D eigenvalue weighted by atomic mass is 16.5. The van der Waals surface area contributed by atoms with Gasteiger partial charge in [0.15, 0.2) is 11.8 Å². The number of rotatable bonds is 8. The molecule has 6 heteroatoms. The van der Waals surface area contributed by atoms with Crippen LogP contribution in [0.25, 0.3) is 0 Å². The zero-order valence-corrected chi connectivity index (χ0v) is 14.5. The predicted octanol–water partition coefficient (Wildman–Crippen LogP) is 0.524. The molecule has 1 aromatic carbocycles. The Morgan fingerprint density at radius 3 is 2.50 bits per heavy atom. The van der Waals surface area contributed by atoms with E-state index < -0.39 is 12.0 Å². The molecule has 1 unspecified atom stereocenters. The normalized spacial score (nSPS) is 16.8. The lowest BCUT2D eigenvalue weighted by atomic mass is 10.1. The first-order valence-corrected chi connectivity index (χ1v) is 8.40. The molecule has 6 nitrogen and oxygen atoms in total. The molecule has 132 valence electrons. The lowest BCUT2D eigenvalue weighted by Crippen LogP contribution is -2.55. The van der Waals surface area contributed by atoms with E-state index in [9.17, 15) is 9.59 Å². The number of carbonyl (C=O) groups is 2. The van der Waals surface area contributed by atoms with Crippen molar-refractivity contribution >= 4 is 11.8 Å². The Hall–Kier alpha value is -1.76. The first-order valence-electron chi connectivity index (χ1n) is 8.40. The summed E-state index contributed by atoms with van der Waals surface area (Å²) in [5.41, 5.74) is 0.922. The number of hydrogen-bond acceptors (Lipinski definition) is 6. The number of Topliss-reactive ketones (excluding diaryl/α,β-unsaturated/α-hetero) is 1. The predicted molar refractivity (Wildman–Crippen MR) is 92.6 cm³/mol. The highest BCUT2D eigenvalue weighted by Crippen LogP contribution is 2.10. The van der Waals surface area contributed by atoms with Gasteiger partial charge in [0.05, 0.1) is 0 Å². The first-order chi connectivity index (χ1) is 11.6. The molecule has 1 aromatic rings. The number of esters is 1. The summed E-state index contributed by atoms with van der Waals surface area (Å²) >= 11 is 0. The largest absolute Gasteiger partial charge is 0.459 e. The third-order valence-electron chi connectivity index (χ3n) is 4.07. The van der Waals surface area contributed by atoms with Gasteiger partial charge in [0.2, 0.25) is 0 Å². The van der Waals surface area contributed by atoms with Crippen LogP contribution in [0.4, 0.5) is 0 Å². The minimum absolute atomic E-state index is 0.0661. The fourth-order valence-corrected chi connectivity index (χ4v) is 2.70. The highest BCUT2D eigenvalue weighted by molar-refractivity contribution is 6.03. The molecule has 0 amide bonds. The van der Waals surface area contributed by atoms with Crippen molar-refractivity contribution in [2.24, 2.45) is 0 Å². The van der Waals surface area contributed by atoms with E-state index in [-0.39, 0.29) is 12.4 Å². The summed E-state index contributed by atoms with van der Waals surface area (Å²) in [5, 5.41) is 3.24. The maximum atomic E-state index is 12.6. The second-order valence-electron chi connectivity index (χ2n) is 6.30. The van der Waals surface area contributed by atoms with Gasteiger partial charge in [-0.05, 0) is 19.7 Å². The molecule has 1 atom stereocenters. The van der Waals surface area contributed by atoms with E-state index in [1.807, 2.05) is 54.2 Å². The van der Waals surface area contributed by atoms with Crippen molar-refractivity contribution in [2.45, 2.75) is 19.1 Å². The van der Waals surface area contributed by atoms with E-state index in [0.717, 1.165) is 18.7 Å². The molecular weight excluding hydrogens is 306 g/mol. The monoisotopic (exact) mass is 333 g/mol. The Morgan fingerprint density at radius 1 is 1.21 bits per heavy atom. The Labute approximate surface area is 143 Å². The molecule has 1 aliphatic heterocycles. The summed E-state index contributed by atoms with van der Waals surface area (Å²) in [6.45, 7) is 3.75. The SMILES string of the molecule is CN(C)CCC(=O)C(C(=O)OCc1ccccc1)N1CCNCC1. The van der Waals surface area contributed by atoms with Gasteiger partial charge in [0, 0.05) is 39.1 Å². The van der Waals surface area contributed by atoms with Crippen molar-refractivity contribution < 1.29 is 14.3 Å². The number of piperazine rings is 1. The van der Waals surface area contributed by atoms with Crippen LogP contribution in [0.2, 0.25) is 0 Å². The number of nitrogens with zero attached hydrogens (tertiary/aromatic N) is 2. The van der Waals surface area contributed by atoms with Crippen LogP contribution < -0.4 is 5.32 Å². The number of ether oxygens (including phenoxy) is 1. The Kier molecular flexibility index (Phi) is 7.36. The summed E-state index contributed by atoms with van der Waals surface area (Å²) in [4.78, 5) is 29.1. The van der Waals surface area contributed by atoms with Crippen molar-refractivity contribution in [1.29, 1.82) is 0 Å². The first kappa shape index (κ1) is 18.6. The number of benzene rings is 1. The third-order valence-corrected chi connectivity index (χ3v) is 4.07. The van der Waals surface area contributed by atoms with Gasteiger partial charge in [-0.25, -0.2) is 4.79 Å². The summed E-state index contributed by atoms with van der Waals surface area (Å²) in [5.74, 6) is -0.506. The molecule has 0 bridgehead atoms. The molecule has 0 saturated carbocycles. The van der Waals surface area contributed by atoms with Crippen molar-refractivity contribution in [3.8, 4) is 0 Å². The van der Waals surface area contributed by atoms with Crippen LogP contribution in [0, 0.1) is 0 Å². The molecule has 1 saturated heterocycles. The third kappa shape index (κ3) is 5.70. The van der Waals surface area contributed by atoms with E-state index in [4.69, 9.17) is 4.74 Å². The molecule has 2 rings (SSSR count). The Morgan fingerprint density at radius 2 is 1.88 bits per heavy atom. The number of ketones is 1. The van der Waals surface area contributed by atoms with E-state index in [1.54, 1.807) is 0 Å². The molecule has 1 fully saturated rings. The average molecular weight is 333 g/mol. The second kappa shape index (κ2) is 9.52. The van der Waals surface area contributed by atoms with Crippen molar-refractivity contribution in [1.82, 2.24) is 15.1 Å². The van der Waals surface area contributed by atoms with Crippen molar-refractivity contribution in [2.75, 3.05) is 46.8 Å². The molecule has 24 heavy (non-hydrogen) atoms. The van der Waals surface area contributed by atoms with Gasteiger partial charge in [0.25, 0.3) is 0 Å². The molecule has 0 aliphatic carbocycles. The average Bonchev–Trinajstić information content (AvgIpc) is 2.60. The highest BCUT2D eigenvalue weighted by Gasteiger charge is 2.34. The summed E-state index contributed by atoms with van der Waals surface area (Å²) in [6, 6.07) is 8.73. The summed E-state index contributed by atoms with van der Waals surface area (Å²) < 4.78 is 5.44. The maximum absolute atomic E-state index is 12.6. The standard InChI is InChI=1S/C18H27N3O3/c1-20(2)11-8-16(22)17(21-12-9-19-10-13-21)18(23)24-14-15-6-4-3-5-7-15/h3-7,17,19H,8-14H2,1-2H3. The molecule has 1 N–H and O–H groups in total. The van der Waals surface area contributed by atoms with Crippen LogP contribution in [-0.2, 0) is 20.9 Å². The molecule has 0 radical (unpaired) electrons. The van der Waals surface area contributed by atoms with Crippen LogP contribution in [-0.4, -0.2) is 74.4 Å². The van der Waals surface area contributed by atoms with Crippen LogP contribution in [0.1, 0.15) is 12.0 Å². The zero-order valence-electron chi connectivity index (χ0n) is 14.5. The van der Waals surface area contributed by atoms with Crippen LogP contribution >= 0.6 is 0 Å². The smallest absolute Gasteiger partial charge is 0.331 e. The molecular formula is C18H27N3O3. The fourth-order valence-electron chi connectivity index (χ4n) is 2.70. The minimum Gasteiger partial charge on any atom is -0.459 e. The lowest BCUT2D eigenvalue weighted by Gasteiger charge is -2.32. The van der Waals surface area contributed by atoms with Gasteiger partial charge in [-0.1, -0.05) is 30.3 Å². The Bertz CT molecular complexity index is 528. The second-order valence-corrected chi connectivity index (χ2v) is 6.30. The molecule has 0 spiro atoms. The van der Waals surface area contributed by atoms with Gasteiger partial charge in [-0.15, -0.1) is 0 Å². The molecule has 1 aliphatic rings. The summed E-state index contributed by atoms with van der Waals surface area (Å²) in [6.07, 6.45) is 0.349. The Balaban J connectivity index is 2.00. The van der Waals surface area contributed by atoms with E-state index in [1.165, 1.54) is 0 Å².